The van der Waals surface area contributed by atoms with E-state index in [1.165, 1.54) is 0 Å². The van der Waals surface area contributed by atoms with Crippen molar-refractivity contribution in [3.63, 3.8) is 0 Å². The van der Waals surface area contributed by atoms with Crippen molar-refractivity contribution in [1.29, 1.82) is 0 Å². The maximum atomic E-state index is 11.6. The van der Waals surface area contributed by atoms with Gasteiger partial charge in [0.25, 0.3) is 0 Å². The first-order valence-electron chi connectivity index (χ1n) is 6.30. The highest BCUT2D eigenvalue weighted by Gasteiger charge is 2.08. The van der Waals surface area contributed by atoms with Crippen LogP contribution in [0.4, 0.5) is 0 Å². The fourth-order valence-electron chi connectivity index (χ4n) is 1.67. The zero-order valence-electron chi connectivity index (χ0n) is 11.1. The van der Waals surface area contributed by atoms with Crippen LogP contribution in [-0.4, -0.2) is 21.9 Å². The molecule has 2 aromatic rings. The van der Waals surface area contributed by atoms with E-state index in [1.807, 2.05) is 37.4 Å². The van der Waals surface area contributed by atoms with Gasteiger partial charge in [-0.05, 0) is 26.0 Å². The van der Waals surface area contributed by atoms with Crippen LogP contribution < -0.4 is 5.32 Å². The molecule has 4 nitrogen and oxygen atoms in total. The molecule has 1 amide bonds. The Morgan fingerprint density at radius 2 is 2.21 bits per heavy atom. The Morgan fingerprint density at radius 3 is 2.89 bits per heavy atom. The molecule has 0 bridgehead atoms. The fourth-order valence-corrected chi connectivity index (χ4v) is 2.46. The molecule has 100 valence electrons. The van der Waals surface area contributed by atoms with Crippen molar-refractivity contribution >= 4 is 17.2 Å². The summed E-state index contributed by atoms with van der Waals surface area (Å²) in [6.45, 7) is 3.92. The smallest absolute Gasteiger partial charge is 0.220 e. The maximum Gasteiger partial charge on any atom is 0.220 e. The van der Waals surface area contributed by atoms with Gasteiger partial charge in [0.15, 0.2) is 0 Å². The van der Waals surface area contributed by atoms with Crippen molar-refractivity contribution in [2.75, 3.05) is 0 Å². The molecule has 19 heavy (non-hydrogen) atoms. The van der Waals surface area contributed by atoms with Gasteiger partial charge in [-0.1, -0.05) is 6.07 Å². The van der Waals surface area contributed by atoms with Gasteiger partial charge in [0.05, 0.1) is 16.4 Å². The SMILES string of the molecule is CC(C)NC(=O)CCc1nc(-c2ccccn2)cs1. The van der Waals surface area contributed by atoms with E-state index in [0.717, 1.165) is 16.4 Å². The summed E-state index contributed by atoms with van der Waals surface area (Å²) in [6, 6.07) is 5.95. The van der Waals surface area contributed by atoms with Gasteiger partial charge in [0, 0.05) is 30.5 Å². The molecule has 2 aromatic heterocycles. The Kier molecular flexibility index (Phi) is 4.63. The second-order valence-electron chi connectivity index (χ2n) is 4.56. The second-order valence-corrected chi connectivity index (χ2v) is 5.51. The van der Waals surface area contributed by atoms with Crippen LogP contribution in [0.25, 0.3) is 11.4 Å². The lowest BCUT2D eigenvalue weighted by molar-refractivity contribution is -0.121. The van der Waals surface area contributed by atoms with Crippen LogP contribution in [0.2, 0.25) is 0 Å². The molecule has 0 fully saturated rings. The van der Waals surface area contributed by atoms with Gasteiger partial charge in [-0.25, -0.2) is 4.98 Å². The molecular formula is C14H17N3OS. The van der Waals surface area contributed by atoms with E-state index in [0.29, 0.717) is 12.8 Å². The number of nitrogens with zero attached hydrogens (tertiary/aromatic N) is 2. The number of nitrogens with one attached hydrogen (secondary N) is 1. The van der Waals surface area contributed by atoms with Crippen LogP contribution in [0.1, 0.15) is 25.3 Å². The number of pyridine rings is 1. The molecule has 0 radical (unpaired) electrons. The topological polar surface area (TPSA) is 54.9 Å². The Labute approximate surface area is 116 Å². The molecule has 0 aliphatic heterocycles. The third-order valence-electron chi connectivity index (χ3n) is 2.49. The van der Waals surface area contributed by atoms with E-state index in [1.54, 1.807) is 17.5 Å². The van der Waals surface area contributed by atoms with E-state index in [-0.39, 0.29) is 11.9 Å². The summed E-state index contributed by atoms with van der Waals surface area (Å²) in [5, 5.41) is 5.83. The van der Waals surface area contributed by atoms with Gasteiger partial charge in [-0.15, -0.1) is 11.3 Å². The molecule has 0 aromatic carbocycles. The number of hydrogen-bond acceptors (Lipinski definition) is 4. The number of rotatable bonds is 5. The van der Waals surface area contributed by atoms with Crippen molar-refractivity contribution in [3.8, 4) is 11.4 Å². The van der Waals surface area contributed by atoms with Crippen LogP contribution in [0.5, 0.6) is 0 Å². The third-order valence-corrected chi connectivity index (χ3v) is 3.40. The largest absolute Gasteiger partial charge is 0.354 e. The summed E-state index contributed by atoms with van der Waals surface area (Å²) in [6.07, 6.45) is 2.91. The van der Waals surface area contributed by atoms with Gasteiger partial charge in [-0.3, -0.25) is 9.78 Å². The number of thiazole rings is 1. The number of carbonyl (C=O) groups excluding carboxylic acids is 1. The molecule has 5 heteroatoms. The predicted octanol–water partition coefficient (Wildman–Crippen LogP) is 2.66. The molecule has 0 aliphatic carbocycles. The Morgan fingerprint density at radius 1 is 1.37 bits per heavy atom. The van der Waals surface area contributed by atoms with Crippen molar-refractivity contribution in [2.45, 2.75) is 32.7 Å². The number of amides is 1. The molecule has 2 heterocycles. The summed E-state index contributed by atoms with van der Waals surface area (Å²) in [7, 11) is 0. The highest BCUT2D eigenvalue weighted by atomic mass is 32.1. The number of carbonyl (C=O) groups is 1. The molecule has 0 saturated carbocycles. The first-order chi connectivity index (χ1) is 9.15. The van der Waals surface area contributed by atoms with E-state index in [4.69, 9.17) is 0 Å². The van der Waals surface area contributed by atoms with E-state index in [2.05, 4.69) is 15.3 Å². The highest BCUT2D eigenvalue weighted by molar-refractivity contribution is 7.09. The first kappa shape index (κ1) is 13.7. The quantitative estimate of drug-likeness (QED) is 0.912. The molecule has 0 unspecified atom stereocenters. The summed E-state index contributed by atoms with van der Waals surface area (Å²) < 4.78 is 0. The van der Waals surface area contributed by atoms with Gasteiger partial charge < -0.3 is 5.32 Å². The van der Waals surface area contributed by atoms with E-state index < -0.39 is 0 Å². The Balaban J connectivity index is 1.93. The minimum absolute atomic E-state index is 0.0737. The Hall–Kier alpha value is -1.75. The van der Waals surface area contributed by atoms with Crippen LogP contribution >= 0.6 is 11.3 Å². The maximum absolute atomic E-state index is 11.6. The summed E-state index contributed by atoms with van der Waals surface area (Å²) in [5.41, 5.74) is 1.75. The molecule has 0 aliphatic rings. The summed E-state index contributed by atoms with van der Waals surface area (Å²) in [4.78, 5) is 20.3. The highest BCUT2D eigenvalue weighted by Crippen LogP contribution is 2.20. The second kappa shape index (κ2) is 6.43. The lowest BCUT2D eigenvalue weighted by Crippen LogP contribution is -2.30. The lowest BCUT2D eigenvalue weighted by atomic mass is 10.2. The summed E-state index contributed by atoms with van der Waals surface area (Å²) >= 11 is 1.57. The van der Waals surface area contributed by atoms with Crippen LogP contribution in [0, 0.1) is 0 Å². The molecule has 2 rings (SSSR count). The third kappa shape index (κ3) is 4.13. The fraction of sp³-hybridized carbons (Fsp3) is 0.357. The van der Waals surface area contributed by atoms with Crippen molar-refractivity contribution in [2.24, 2.45) is 0 Å². The normalized spacial score (nSPS) is 10.7. The van der Waals surface area contributed by atoms with Gasteiger partial charge >= 0.3 is 0 Å². The molecule has 0 saturated heterocycles. The number of aromatic nitrogens is 2. The zero-order chi connectivity index (χ0) is 13.7. The van der Waals surface area contributed by atoms with Crippen LogP contribution in [-0.2, 0) is 11.2 Å². The zero-order valence-corrected chi connectivity index (χ0v) is 11.9. The van der Waals surface area contributed by atoms with E-state index >= 15 is 0 Å². The number of aryl methyl sites for hydroxylation is 1. The number of hydrogen-bond donors (Lipinski definition) is 1. The molecular weight excluding hydrogens is 258 g/mol. The Bertz CT molecular complexity index is 537. The van der Waals surface area contributed by atoms with Crippen LogP contribution in [0.3, 0.4) is 0 Å². The molecule has 1 N–H and O–H groups in total. The minimum Gasteiger partial charge on any atom is -0.354 e. The van der Waals surface area contributed by atoms with Crippen molar-refractivity contribution in [1.82, 2.24) is 15.3 Å². The van der Waals surface area contributed by atoms with Gasteiger partial charge in [0.2, 0.25) is 5.91 Å². The average Bonchev–Trinajstić information content (AvgIpc) is 2.85. The average molecular weight is 275 g/mol. The standard InChI is InChI=1S/C14H17N3OS/c1-10(2)16-13(18)6-7-14-17-12(9-19-14)11-5-3-4-8-15-11/h3-5,8-10H,6-7H2,1-2H3,(H,16,18). The summed E-state index contributed by atoms with van der Waals surface area (Å²) in [5.74, 6) is 0.0737. The van der Waals surface area contributed by atoms with Crippen molar-refractivity contribution in [3.05, 3.63) is 34.8 Å². The lowest BCUT2D eigenvalue weighted by Gasteiger charge is -2.06. The van der Waals surface area contributed by atoms with Crippen molar-refractivity contribution < 1.29 is 4.79 Å². The van der Waals surface area contributed by atoms with Gasteiger partial charge in [-0.2, -0.15) is 0 Å². The van der Waals surface area contributed by atoms with Crippen LogP contribution in [0.15, 0.2) is 29.8 Å². The first-order valence-corrected chi connectivity index (χ1v) is 7.18. The monoisotopic (exact) mass is 275 g/mol. The molecule has 0 spiro atoms. The predicted molar refractivity (Wildman–Crippen MR) is 76.9 cm³/mol. The molecule has 0 atom stereocenters. The minimum atomic E-state index is 0.0737. The van der Waals surface area contributed by atoms with E-state index in [9.17, 15) is 4.79 Å². The van der Waals surface area contributed by atoms with Gasteiger partial charge in [0.1, 0.15) is 0 Å².